The first-order valence-electron chi connectivity index (χ1n) is 7.32. The molecule has 128 valence electrons. The largest absolute Gasteiger partial charge is 0.384 e. The minimum atomic E-state index is -3.75. The summed E-state index contributed by atoms with van der Waals surface area (Å²) in [7, 11) is -3.75. The van der Waals surface area contributed by atoms with Gasteiger partial charge in [0.1, 0.15) is 11.6 Å². The zero-order chi connectivity index (χ0) is 17.7. The number of carbonyl (C=O) groups is 1. The number of nitrogens with two attached hydrogens (primary N) is 1. The number of hydrogen-bond acceptors (Lipinski definition) is 6. The number of nitrogen functional groups attached to an aromatic ring is 1. The van der Waals surface area contributed by atoms with Crippen LogP contribution >= 0.6 is 0 Å². The fraction of sp³-hybridized carbons (Fsp3) is 0.267. The van der Waals surface area contributed by atoms with E-state index < -0.39 is 16.1 Å². The Morgan fingerprint density at radius 3 is 2.50 bits per heavy atom. The first-order valence-corrected chi connectivity index (χ1v) is 8.81. The molecule has 1 aromatic carbocycles. The summed E-state index contributed by atoms with van der Waals surface area (Å²) >= 11 is 0. The van der Waals surface area contributed by atoms with Gasteiger partial charge in [-0.1, -0.05) is 6.92 Å². The molecule has 0 spiro atoms. The number of nitrogens with zero attached hydrogens (tertiary/aromatic N) is 2. The van der Waals surface area contributed by atoms with E-state index in [0.717, 1.165) is 0 Å². The molecule has 4 N–H and O–H groups in total. The van der Waals surface area contributed by atoms with Crippen LogP contribution in [0.3, 0.4) is 0 Å². The van der Waals surface area contributed by atoms with Crippen molar-refractivity contribution in [3.63, 3.8) is 0 Å². The summed E-state index contributed by atoms with van der Waals surface area (Å²) in [6.45, 7) is 3.36. The highest BCUT2D eigenvalue weighted by molar-refractivity contribution is 7.89. The lowest BCUT2D eigenvalue weighted by atomic mass is 10.3. The maximum Gasteiger partial charge on any atom is 0.241 e. The molecule has 0 saturated heterocycles. The standard InChI is InChI=1S/C15H19N5O3S/c1-3-14(21)18-11-4-6-12(7-5-11)24(22,23)20-10(2)15-17-9-8-13(16)19-15/h4-10,20H,3H2,1-2H3,(H,18,21)(H2,16,17,19). The minimum Gasteiger partial charge on any atom is -0.384 e. The lowest BCUT2D eigenvalue weighted by Gasteiger charge is -2.13. The van der Waals surface area contributed by atoms with Crippen LogP contribution in [0.25, 0.3) is 0 Å². The molecule has 0 aliphatic rings. The number of rotatable bonds is 6. The van der Waals surface area contributed by atoms with Gasteiger partial charge < -0.3 is 11.1 Å². The highest BCUT2D eigenvalue weighted by Crippen LogP contribution is 2.17. The molecule has 0 radical (unpaired) electrons. The van der Waals surface area contributed by atoms with Crippen molar-refractivity contribution in [2.75, 3.05) is 11.1 Å². The van der Waals surface area contributed by atoms with Gasteiger partial charge >= 0.3 is 0 Å². The molecule has 24 heavy (non-hydrogen) atoms. The Hall–Kier alpha value is -2.52. The second-order valence-electron chi connectivity index (χ2n) is 5.11. The predicted molar refractivity (Wildman–Crippen MR) is 90.5 cm³/mol. The van der Waals surface area contributed by atoms with E-state index in [0.29, 0.717) is 12.1 Å². The summed E-state index contributed by atoms with van der Waals surface area (Å²) in [4.78, 5) is 19.4. The lowest BCUT2D eigenvalue weighted by molar-refractivity contribution is -0.115. The Morgan fingerprint density at radius 2 is 1.92 bits per heavy atom. The molecule has 2 aromatic rings. The van der Waals surface area contributed by atoms with E-state index in [1.54, 1.807) is 13.8 Å². The Balaban J connectivity index is 2.13. The van der Waals surface area contributed by atoms with Crippen molar-refractivity contribution in [2.24, 2.45) is 0 Å². The number of sulfonamides is 1. The van der Waals surface area contributed by atoms with Crippen LogP contribution in [-0.4, -0.2) is 24.3 Å². The molecule has 0 aliphatic heterocycles. The molecule has 1 amide bonds. The average Bonchev–Trinajstić information content (AvgIpc) is 2.55. The second kappa shape index (κ2) is 7.37. The fourth-order valence-electron chi connectivity index (χ4n) is 1.92. The summed E-state index contributed by atoms with van der Waals surface area (Å²) in [5.41, 5.74) is 6.11. The van der Waals surface area contributed by atoms with E-state index in [9.17, 15) is 13.2 Å². The van der Waals surface area contributed by atoms with Crippen molar-refractivity contribution in [3.8, 4) is 0 Å². The van der Waals surface area contributed by atoms with Gasteiger partial charge in [-0.15, -0.1) is 0 Å². The average molecular weight is 349 g/mol. The smallest absolute Gasteiger partial charge is 0.241 e. The van der Waals surface area contributed by atoms with Crippen molar-refractivity contribution < 1.29 is 13.2 Å². The maximum atomic E-state index is 12.4. The summed E-state index contributed by atoms with van der Waals surface area (Å²) in [5, 5.41) is 2.66. The molecule has 0 fully saturated rings. The van der Waals surface area contributed by atoms with E-state index >= 15 is 0 Å². The number of carbonyl (C=O) groups excluding carboxylic acids is 1. The van der Waals surface area contributed by atoms with Gasteiger partial charge in [0.05, 0.1) is 10.9 Å². The Kier molecular flexibility index (Phi) is 5.47. The van der Waals surface area contributed by atoms with E-state index in [1.807, 2.05) is 0 Å². The van der Waals surface area contributed by atoms with Crippen molar-refractivity contribution in [1.82, 2.24) is 14.7 Å². The Morgan fingerprint density at radius 1 is 1.25 bits per heavy atom. The molecule has 0 aliphatic carbocycles. The second-order valence-corrected chi connectivity index (χ2v) is 6.82. The first-order chi connectivity index (χ1) is 11.3. The van der Waals surface area contributed by atoms with E-state index in [4.69, 9.17) is 5.73 Å². The monoisotopic (exact) mass is 349 g/mol. The van der Waals surface area contributed by atoms with Crippen molar-refractivity contribution in [1.29, 1.82) is 0 Å². The van der Waals surface area contributed by atoms with Crippen LogP contribution in [-0.2, 0) is 14.8 Å². The van der Waals surface area contributed by atoms with Gasteiger partial charge in [-0.05, 0) is 37.3 Å². The zero-order valence-electron chi connectivity index (χ0n) is 13.4. The molecule has 1 unspecified atom stereocenters. The minimum absolute atomic E-state index is 0.0766. The zero-order valence-corrected chi connectivity index (χ0v) is 14.2. The number of aromatic nitrogens is 2. The maximum absolute atomic E-state index is 12.4. The van der Waals surface area contributed by atoms with Gasteiger partial charge in [-0.3, -0.25) is 4.79 Å². The summed E-state index contributed by atoms with van der Waals surface area (Å²) in [6, 6.07) is 6.78. The van der Waals surface area contributed by atoms with Crippen LogP contribution in [0.1, 0.15) is 32.1 Å². The van der Waals surface area contributed by atoms with Gasteiger partial charge in [-0.25, -0.2) is 23.1 Å². The quantitative estimate of drug-likeness (QED) is 0.724. The topological polar surface area (TPSA) is 127 Å². The molecule has 1 aromatic heterocycles. The number of amides is 1. The van der Waals surface area contributed by atoms with Crippen LogP contribution in [0.5, 0.6) is 0 Å². The summed E-state index contributed by atoms with van der Waals surface area (Å²) in [5.74, 6) is 0.406. The Labute approximate surface area is 140 Å². The first kappa shape index (κ1) is 17.8. The van der Waals surface area contributed by atoms with E-state index in [2.05, 4.69) is 20.0 Å². The van der Waals surface area contributed by atoms with Crippen LogP contribution < -0.4 is 15.8 Å². The molecular weight excluding hydrogens is 330 g/mol. The van der Waals surface area contributed by atoms with Crippen LogP contribution in [0.15, 0.2) is 41.4 Å². The van der Waals surface area contributed by atoms with Crippen molar-refractivity contribution in [2.45, 2.75) is 31.2 Å². The van der Waals surface area contributed by atoms with E-state index in [1.165, 1.54) is 36.5 Å². The molecule has 8 nitrogen and oxygen atoms in total. The highest BCUT2D eigenvalue weighted by Gasteiger charge is 2.20. The molecule has 9 heteroatoms. The van der Waals surface area contributed by atoms with Gasteiger partial charge in [-0.2, -0.15) is 0 Å². The fourth-order valence-corrected chi connectivity index (χ4v) is 3.12. The highest BCUT2D eigenvalue weighted by atomic mass is 32.2. The number of nitrogens with one attached hydrogen (secondary N) is 2. The van der Waals surface area contributed by atoms with Crippen LogP contribution in [0.4, 0.5) is 11.5 Å². The van der Waals surface area contributed by atoms with Crippen molar-refractivity contribution in [3.05, 3.63) is 42.4 Å². The van der Waals surface area contributed by atoms with Crippen LogP contribution in [0.2, 0.25) is 0 Å². The third-order valence-corrected chi connectivity index (χ3v) is 4.74. The molecule has 2 rings (SSSR count). The van der Waals surface area contributed by atoms with Gasteiger partial charge in [0.25, 0.3) is 0 Å². The molecular formula is C15H19N5O3S. The van der Waals surface area contributed by atoms with Gasteiger partial charge in [0, 0.05) is 18.3 Å². The number of benzene rings is 1. The molecule has 1 atom stereocenters. The third-order valence-electron chi connectivity index (χ3n) is 3.18. The molecule has 1 heterocycles. The van der Waals surface area contributed by atoms with Crippen molar-refractivity contribution >= 4 is 27.4 Å². The van der Waals surface area contributed by atoms with Gasteiger partial charge in [0.15, 0.2) is 0 Å². The summed E-state index contributed by atoms with van der Waals surface area (Å²) in [6.07, 6.45) is 1.81. The normalized spacial score (nSPS) is 12.6. The summed E-state index contributed by atoms with van der Waals surface area (Å²) < 4.78 is 27.3. The number of hydrogen-bond donors (Lipinski definition) is 3. The van der Waals surface area contributed by atoms with Crippen LogP contribution in [0, 0.1) is 0 Å². The van der Waals surface area contributed by atoms with E-state index in [-0.39, 0.29) is 22.4 Å². The molecule has 0 bridgehead atoms. The molecule has 0 saturated carbocycles. The Bertz CT molecular complexity index is 821. The van der Waals surface area contributed by atoms with Gasteiger partial charge in [0.2, 0.25) is 15.9 Å². The lowest BCUT2D eigenvalue weighted by Crippen LogP contribution is -2.28. The number of anilines is 2. The predicted octanol–water partition coefficient (Wildman–Crippen LogP) is 1.45. The third kappa shape index (κ3) is 4.49. The SMILES string of the molecule is CCC(=O)Nc1ccc(S(=O)(=O)NC(C)c2nccc(N)n2)cc1.